The lowest BCUT2D eigenvalue weighted by atomic mass is 10.1. The number of aromatic nitrogens is 4. The minimum atomic E-state index is -0.101. The summed E-state index contributed by atoms with van der Waals surface area (Å²) in [5.74, 6) is 0.677. The Hall–Kier alpha value is -2.83. The predicted molar refractivity (Wildman–Crippen MR) is 86.6 cm³/mol. The number of carbonyl (C=O) groups excluding carboxylic acids is 1. The number of aryl methyl sites for hydroxylation is 2. The zero-order valence-electron chi connectivity index (χ0n) is 13.2. The molecule has 0 fully saturated rings. The lowest BCUT2D eigenvalue weighted by molar-refractivity contribution is 0.0948. The summed E-state index contributed by atoms with van der Waals surface area (Å²) < 4.78 is 6.98. The second kappa shape index (κ2) is 6.51. The van der Waals surface area contributed by atoms with Crippen molar-refractivity contribution in [1.82, 2.24) is 25.1 Å². The van der Waals surface area contributed by atoms with E-state index < -0.39 is 0 Å². The number of hydrogen-bond acceptors (Lipinski definition) is 4. The van der Waals surface area contributed by atoms with Gasteiger partial charge in [-0.2, -0.15) is 5.10 Å². The van der Waals surface area contributed by atoms with Crippen LogP contribution in [0, 0.1) is 6.92 Å². The van der Waals surface area contributed by atoms with E-state index in [1.807, 2.05) is 25.1 Å². The topological polar surface area (TPSA) is 84.8 Å². The molecule has 1 amide bonds. The number of carbonyl (C=O) groups is 1. The molecule has 1 aromatic carbocycles. The number of hydrogen-bond donors (Lipinski definition) is 2. The van der Waals surface area contributed by atoms with Gasteiger partial charge in [-0.25, -0.2) is 4.98 Å². The van der Waals surface area contributed by atoms with Crippen LogP contribution in [0.15, 0.2) is 30.9 Å². The van der Waals surface area contributed by atoms with Crippen LogP contribution in [0.3, 0.4) is 0 Å². The molecule has 0 saturated carbocycles. The quantitative estimate of drug-likeness (QED) is 0.681. The summed E-state index contributed by atoms with van der Waals surface area (Å²) in [7, 11) is 1.63. The molecule has 2 heterocycles. The third kappa shape index (κ3) is 3.18. The Balaban J connectivity index is 1.65. The van der Waals surface area contributed by atoms with Gasteiger partial charge in [-0.3, -0.25) is 9.48 Å². The first kappa shape index (κ1) is 15.1. The average Bonchev–Trinajstić information content (AvgIpc) is 3.19. The number of rotatable bonds is 6. The molecule has 3 aromatic rings. The molecular weight excluding hydrogens is 294 g/mol. The van der Waals surface area contributed by atoms with Crippen LogP contribution < -0.4 is 10.1 Å². The van der Waals surface area contributed by atoms with Crippen LogP contribution in [0.4, 0.5) is 0 Å². The van der Waals surface area contributed by atoms with Gasteiger partial charge in [0.1, 0.15) is 24.1 Å². The molecule has 0 radical (unpaired) electrons. The molecule has 0 saturated heterocycles. The maximum atomic E-state index is 12.3. The van der Waals surface area contributed by atoms with Gasteiger partial charge in [-0.15, -0.1) is 0 Å². The van der Waals surface area contributed by atoms with Gasteiger partial charge in [-0.05, 0) is 37.1 Å². The Morgan fingerprint density at radius 3 is 3.04 bits per heavy atom. The first-order valence-corrected chi connectivity index (χ1v) is 7.46. The number of methoxy groups -OCH3 is 1. The normalized spacial score (nSPS) is 10.9. The number of ether oxygens (including phenoxy) is 1. The van der Waals surface area contributed by atoms with Crippen LogP contribution in [0.2, 0.25) is 0 Å². The number of fused-ring (bicyclic) bond motifs is 1. The minimum absolute atomic E-state index is 0.101. The molecule has 23 heavy (non-hydrogen) atoms. The molecule has 0 aliphatic heterocycles. The van der Waals surface area contributed by atoms with Gasteiger partial charge in [0, 0.05) is 24.0 Å². The summed E-state index contributed by atoms with van der Waals surface area (Å²) >= 11 is 0. The van der Waals surface area contributed by atoms with E-state index in [0.29, 0.717) is 12.2 Å². The Morgan fingerprint density at radius 2 is 2.30 bits per heavy atom. The lowest BCUT2D eigenvalue weighted by Gasteiger charge is -2.05. The molecule has 0 unspecified atom stereocenters. The van der Waals surface area contributed by atoms with Crippen molar-refractivity contribution in [1.29, 1.82) is 0 Å². The van der Waals surface area contributed by atoms with Crippen LogP contribution in [0.5, 0.6) is 5.75 Å². The van der Waals surface area contributed by atoms with Crippen molar-refractivity contribution in [2.24, 2.45) is 0 Å². The summed E-state index contributed by atoms with van der Waals surface area (Å²) in [5.41, 5.74) is 2.44. The summed E-state index contributed by atoms with van der Waals surface area (Å²) in [6.45, 7) is 3.24. The van der Waals surface area contributed by atoms with Gasteiger partial charge < -0.3 is 15.0 Å². The summed E-state index contributed by atoms with van der Waals surface area (Å²) in [4.78, 5) is 19.4. The first-order valence-electron chi connectivity index (χ1n) is 7.46. The molecule has 120 valence electrons. The van der Waals surface area contributed by atoms with Crippen molar-refractivity contribution in [3.63, 3.8) is 0 Å². The largest absolute Gasteiger partial charge is 0.497 e. The van der Waals surface area contributed by atoms with E-state index in [9.17, 15) is 4.79 Å². The van der Waals surface area contributed by atoms with E-state index in [4.69, 9.17) is 4.74 Å². The smallest absolute Gasteiger partial charge is 0.268 e. The molecule has 2 N–H and O–H groups in total. The van der Waals surface area contributed by atoms with E-state index >= 15 is 0 Å². The van der Waals surface area contributed by atoms with Gasteiger partial charge in [0.2, 0.25) is 0 Å². The molecule has 3 rings (SSSR count). The Bertz CT molecular complexity index is 807. The number of nitrogens with one attached hydrogen (secondary N) is 2. The van der Waals surface area contributed by atoms with Gasteiger partial charge in [0.15, 0.2) is 0 Å². The maximum absolute atomic E-state index is 12.3. The highest BCUT2D eigenvalue weighted by atomic mass is 16.5. The summed E-state index contributed by atoms with van der Waals surface area (Å²) in [6.07, 6.45) is 3.96. The van der Waals surface area contributed by atoms with Gasteiger partial charge in [-0.1, -0.05) is 0 Å². The third-order valence-electron chi connectivity index (χ3n) is 3.81. The van der Waals surface area contributed by atoms with E-state index in [1.165, 1.54) is 6.33 Å². The summed E-state index contributed by atoms with van der Waals surface area (Å²) in [5, 5.41) is 7.95. The van der Waals surface area contributed by atoms with Crippen LogP contribution in [0.1, 0.15) is 22.5 Å². The van der Waals surface area contributed by atoms with Crippen molar-refractivity contribution >= 4 is 16.8 Å². The molecule has 2 aromatic heterocycles. The number of H-pyrrole nitrogens is 1. The zero-order chi connectivity index (χ0) is 16.2. The fourth-order valence-electron chi connectivity index (χ4n) is 2.54. The molecule has 0 bridgehead atoms. The lowest BCUT2D eigenvalue weighted by Crippen LogP contribution is -2.26. The minimum Gasteiger partial charge on any atom is -0.497 e. The number of aromatic amines is 1. The SMILES string of the molecule is COc1ccc2[nH]c(C(=O)NCCCn3cncn3)c(C)c2c1. The van der Waals surface area contributed by atoms with E-state index in [1.54, 1.807) is 18.1 Å². The van der Waals surface area contributed by atoms with Crippen molar-refractivity contribution < 1.29 is 9.53 Å². The zero-order valence-corrected chi connectivity index (χ0v) is 13.2. The van der Waals surface area contributed by atoms with Gasteiger partial charge in [0.25, 0.3) is 5.91 Å². The Labute approximate surface area is 133 Å². The van der Waals surface area contributed by atoms with Gasteiger partial charge >= 0.3 is 0 Å². The van der Waals surface area contributed by atoms with E-state index in [2.05, 4.69) is 20.4 Å². The highest BCUT2D eigenvalue weighted by Crippen LogP contribution is 2.25. The number of amides is 1. The highest BCUT2D eigenvalue weighted by molar-refractivity contribution is 6.01. The molecule has 7 heteroatoms. The molecule has 0 aliphatic carbocycles. The summed E-state index contributed by atoms with van der Waals surface area (Å²) in [6, 6.07) is 5.73. The standard InChI is InChI=1S/C16H19N5O2/c1-11-13-8-12(23-2)4-5-14(13)20-15(11)16(22)18-6-3-7-21-10-17-9-19-21/h4-5,8-10,20H,3,6-7H2,1-2H3,(H,18,22). The monoisotopic (exact) mass is 313 g/mol. The van der Waals surface area contributed by atoms with Crippen LogP contribution in [-0.4, -0.2) is 39.3 Å². The molecule has 0 spiro atoms. The Kier molecular flexibility index (Phi) is 4.27. The second-order valence-electron chi connectivity index (χ2n) is 5.30. The first-order chi connectivity index (χ1) is 11.2. The van der Waals surface area contributed by atoms with Crippen molar-refractivity contribution in [3.05, 3.63) is 42.1 Å². The Morgan fingerprint density at radius 1 is 1.43 bits per heavy atom. The van der Waals surface area contributed by atoms with Crippen LogP contribution in [0.25, 0.3) is 10.9 Å². The second-order valence-corrected chi connectivity index (χ2v) is 5.30. The molecule has 7 nitrogen and oxygen atoms in total. The van der Waals surface area contributed by atoms with Crippen molar-refractivity contribution in [3.8, 4) is 5.75 Å². The number of benzene rings is 1. The highest BCUT2D eigenvalue weighted by Gasteiger charge is 2.14. The van der Waals surface area contributed by atoms with Gasteiger partial charge in [0.05, 0.1) is 7.11 Å². The number of nitrogens with zero attached hydrogens (tertiary/aromatic N) is 3. The fraction of sp³-hybridized carbons (Fsp3) is 0.312. The maximum Gasteiger partial charge on any atom is 0.268 e. The van der Waals surface area contributed by atoms with Crippen LogP contribution >= 0.6 is 0 Å². The van der Waals surface area contributed by atoms with Crippen molar-refractivity contribution in [2.75, 3.05) is 13.7 Å². The van der Waals surface area contributed by atoms with Crippen molar-refractivity contribution in [2.45, 2.75) is 19.9 Å². The van der Waals surface area contributed by atoms with E-state index in [0.717, 1.165) is 35.2 Å². The molecule has 0 aliphatic rings. The molecule has 0 atom stereocenters. The fourth-order valence-corrected chi connectivity index (χ4v) is 2.54. The predicted octanol–water partition coefficient (Wildman–Crippen LogP) is 1.90. The van der Waals surface area contributed by atoms with E-state index in [-0.39, 0.29) is 5.91 Å². The average molecular weight is 313 g/mol. The third-order valence-corrected chi connectivity index (χ3v) is 3.81. The van der Waals surface area contributed by atoms with Crippen LogP contribution in [-0.2, 0) is 6.54 Å². The molecular formula is C16H19N5O2.